The predicted octanol–water partition coefficient (Wildman–Crippen LogP) is 4.91. The first-order valence-corrected chi connectivity index (χ1v) is 13.3. The minimum Gasteiger partial charge on any atom is -0.444 e. The molecule has 1 aliphatic heterocycles. The molecule has 2 aromatic rings. The van der Waals surface area contributed by atoms with Crippen molar-refractivity contribution < 1.29 is 27.1 Å². The van der Waals surface area contributed by atoms with E-state index in [0.717, 1.165) is 0 Å². The minimum atomic E-state index is -3.96. The van der Waals surface area contributed by atoms with Gasteiger partial charge in [0.15, 0.2) is 0 Å². The zero-order chi connectivity index (χ0) is 26.9. The van der Waals surface area contributed by atoms with E-state index < -0.39 is 45.0 Å². The highest BCUT2D eigenvalue weighted by Gasteiger charge is 2.37. The molecule has 0 saturated carbocycles. The molecule has 0 aromatic heterocycles. The van der Waals surface area contributed by atoms with Crippen LogP contribution >= 0.6 is 0 Å². The zero-order valence-electron chi connectivity index (χ0n) is 21.5. The van der Waals surface area contributed by atoms with E-state index in [-0.39, 0.29) is 21.7 Å². The van der Waals surface area contributed by atoms with E-state index in [1.54, 1.807) is 65.8 Å². The summed E-state index contributed by atoms with van der Waals surface area (Å²) < 4.78 is 49.4. The third-order valence-electron chi connectivity index (χ3n) is 5.35. The summed E-state index contributed by atoms with van der Waals surface area (Å²) >= 11 is 0. The summed E-state index contributed by atoms with van der Waals surface area (Å²) in [5.74, 6) is -1.29. The maximum atomic E-state index is 15.1. The fourth-order valence-electron chi connectivity index (χ4n) is 4.04. The van der Waals surface area contributed by atoms with E-state index in [0.29, 0.717) is 19.4 Å². The van der Waals surface area contributed by atoms with Crippen molar-refractivity contribution in [2.24, 2.45) is 0 Å². The number of hydrogen-bond acceptors (Lipinski definition) is 5. The summed E-state index contributed by atoms with van der Waals surface area (Å²) in [5, 5.41) is 2.62. The highest BCUT2D eigenvalue weighted by atomic mass is 32.2. The van der Waals surface area contributed by atoms with Crippen LogP contribution in [0.2, 0.25) is 0 Å². The first kappa shape index (κ1) is 27.6. The van der Waals surface area contributed by atoms with Gasteiger partial charge in [-0.05, 0) is 66.5 Å². The number of halogens is 1. The van der Waals surface area contributed by atoms with E-state index in [9.17, 15) is 18.0 Å². The summed E-state index contributed by atoms with van der Waals surface area (Å²) in [4.78, 5) is 27.2. The molecule has 1 unspecified atom stereocenters. The maximum absolute atomic E-state index is 15.1. The van der Waals surface area contributed by atoms with Crippen molar-refractivity contribution in [1.82, 2.24) is 9.62 Å². The van der Waals surface area contributed by atoms with Crippen LogP contribution in [0.4, 0.5) is 14.9 Å². The molecular weight excluding hydrogens is 485 g/mol. The summed E-state index contributed by atoms with van der Waals surface area (Å²) in [5.41, 5.74) is -1.18. The third kappa shape index (κ3) is 6.61. The Balaban J connectivity index is 1.98. The Morgan fingerprint density at radius 1 is 1.00 bits per heavy atom. The van der Waals surface area contributed by atoms with Gasteiger partial charge in [-0.2, -0.15) is 0 Å². The van der Waals surface area contributed by atoms with Crippen LogP contribution in [0.1, 0.15) is 54.4 Å². The zero-order valence-corrected chi connectivity index (χ0v) is 22.3. The van der Waals surface area contributed by atoms with Gasteiger partial charge in [-0.25, -0.2) is 22.3 Å². The Morgan fingerprint density at radius 2 is 1.64 bits per heavy atom. The predicted molar refractivity (Wildman–Crippen MR) is 137 cm³/mol. The SMILES string of the molecule is CC(C)(C)NS(=O)(=O)c1ccccc1-c1cccc(F)c1NC(=O)C1CCCN1C(=O)OC(C)(C)C. The van der Waals surface area contributed by atoms with Crippen molar-refractivity contribution in [3.63, 3.8) is 0 Å². The van der Waals surface area contributed by atoms with Crippen LogP contribution in [0, 0.1) is 5.82 Å². The molecule has 2 amide bonds. The van der Waals surface area contributed by atoms with Crippen LogP contribution in [0.3, 0.4) is 0 Å². The molecule has 2 N–H and O–H groups in total. The first-order valence-electron chi connectivity index (χ1n) is 11.8. The summed E-state index contributed by atoms with van der Waals surface area (Å²) in [6.07, 6.45) is 0.384. The fraction of sp³-hybridized carbons (Fsp3) is 0.462. The number of benzene rings is 2. The van der Waals surface area contributed by atoms with E-state index in [2.05, 4.69) is 10.0 Å². The van der Waals surface area contributed by atoms with Crippen LogP contribution in [-0.2, 0) is 19.6 Å². The lowest BCUT2D eigenvalue weighted by Crippen LogP contribution is -2.45. The number of amides is 2. The highest BCUT2D eigenvalue weighted by molar-refractivity contribution is 7.89. The average Bonchev–Trinajstić information content (AvgIpc) is 3.23. The van der Waals surface area contributed by atoms with Gasteiger partial charge in [0.25, 0.3) is 0 Å². The van der Waals surface area contributed by atoms with Gasteiger partial charge >= 0.3 is 6.09 Å². The molecule has 2 aromatic carbocycles. The quantitative estimate of drug-likeness (QED) is 0.584. The van der Waals surface area contributed by atoms with Crippen LogP contribution in [0.5, 0.6) is 0 Å². The van der Waals surface area contributed by atoms with Crippen LogP contribution in [0.15, 0.2) is 47.4 Å². The summed E-state index contributed by atoms with van der Waals surface area (Å²) in [6.45, 7) is 10.7. The number of anilines is 1. The summed E-state index contributed by atoms with van der Waals surface area (Å²) in [6, 6.07) is 9.55. The number of para-hydroxylation sites is 1. The van der Waals surface area contributed by atoms with Gasteiger partial charge in [-0.15, -0.1) is 0 Å². The van der Waals surface area contributed by atoms with Crippen molar-refractivity contribution in [2.75, 3.05) is 11.9 Å². The number of nitrogens with one attached hydrogen (secondary N) is 2. The monoisotopic (exact) mass is 519 g/mol. The number of ether oxygens (including phenoxy) is 1. The Labute approximate surface area is 212 Å². The van der Waals surface area contributed by atoms with Gasteiger partial charge in [-0.1, -0.05) is 30.3 Å². The Kier molecular flexibility index (Phi) is 7.80. The second-order valence-electron chi connectivity index (χ2n) is 10.8. The number of rotatable bonds is 5. The third-order valence-corrected chi connectivity index (χ3v) is 7.17. The largest absolute Gasteiger partial charge is 0.444 e. The molecule has 1 aliphatic rings. The number of carbonyl (C=O) groups excluding carboxylic acids is 2. The van der Waals surface area contributed by atoms with Crippen LogP contribution in [-0.4, -0.2) is 49.0 Å². The minimum absolute atomic E-state index is 0.0442. The van der Waals surface area contributed by atoms with Crippen molar-refractivity contribution >= 4 is 27.7 Å². The van der Waals surface area contributed by atoms with Gasteiger partial charge < -0.3 is 10.1 Å². The van der Waals surface area contributed by atoms with E-state index in [1.807, 2.05) is 0 Å². The average molecular weight is 520 g/mol. The molecule has 1 fully saturated rings. The molecule has 0 radical (unpaired) electrons. The lowest BCUT2D eigenvalue weighted by molar-refractivity contribution is -0.120. The molecule has 1 saturated heterocycles. The molecule has 196 valence electrons. The molecule has 1 heterocycles. The second kappa shape index (κ2) is 10.2. The Bertz CT molecular complexity index is 1250. The van der Waals surface area contributed by atoms with Gasteiger partial charge in [-0.3, -0.25) is 9.69 Å². The molecule has 8 nitrogen and oxygen atoms in total. The van der Waals surface area contributed by atoms with Crippen molar-refractivity contribution in [2.45, 2.75) is 76.5 Å². The number of likely N-dealkylation sites (tertiary alicyclic amines) is 1. The Morgan fingerprint density at radius 3 is 2.28 bits per heavy atom. The molecule has 10 heteroatoms. The first-order chi connectivity index (χ1) is 16.6. The standard InChI is InChI=1S/C26H34FN3O5S/c1-25(2,3)29-36(33,34)21-15-8-7-11-17(21)18-12-9-13-19(27)22(18)28-23(31)20-14-10-16-30(20)24(32)35-26(4,5)6/h7-9,11-13,15,20,29H,10,14,16H2,1-6H3,(H,28,31). The molecular formula is C26H34FN3O5S. The molecule has 3 rings (SSSR count). The van der Waals surface area contributed by atoms with Crippen molar-refractivity contribution in [1.29, 1.82) is 0 Å². The van der Waals surface area contributed by atoms with Crippen molar-refractivity contribution in [3.8, 4) is 11.1 Å². The van der Waals surface area contributed by atoms with Gasteiger partial charge in [0.1, 0.15) is 17.5 Å². The van der Waals surface area contributed by atoms with Crippen LogP contribution in [0.25, 0.3) is 11.1 Å². The smallest absolute Gasteiger partial charge is 0.410 e. The normalized spacial score (nSPS) is 16.6. The molecule has 0 spiro atoms. The number of sulfonamides is 1. The molecule has 0 bridgehead atoms. The molecule has 0 aliphatic carbocycles. The second-order valence-corrected chi connectivity index (χ2v) is 12.5. The lowest BCUT2D eigenvalue weighted by Gasteiger charge is -2.28. The van der Waals surface area contributed by atoms with E-state index in [4.69, 9.17) is 4.74 Å². The van der Waals surface area contributed by atoms with Gasteiger partial charge in [0.05, 0.1) is 10.6 Å². The van der Waals surface area contributed by atoms with E-state index in [1.165, 1.54) is 23.1 Å². The number of carbonyl (C=O) groups is 2. The fourth-order valence-corrected chi connectivity index (χ4v) is 5.68. The number of nitrogens with zero attached hydrogens (tertiary/aromatic N) is 1. The number of hydrogen-bond donors (Lipinski definition) is 2. The Hall–Kier alpha value is -2.98. The van der Waals surface area contributed by atoms with Crippen molar-refractivity contribution in [3.05, 3.63) is 48.3 Å². The topological polar surface area (TPSA) is 105 Å². The lowest BCUT2D eigenvalue weighted by atomic mass is 10.0. The molecule has 1 atom stereocenters. The van der Waals surface area contributed by atoms with E-state index >= 15 is 4.39 Å². The summed E-state index contributed by atoms with van der Waals surface area (Å²) in [7, 11) is -3.96. The molecule has 36 heavy (non-hydrogen) atoms. The van der Waals surface area contributed by atoms with Gasteiger partial charge in [0.2, 0.25) is 15.9 Å². The van der Waals surface area contributed by atoms with Gasteiger partial charge in [0, 0.05) is 23.2 Å². The van der Waals surface area contributed by atoms with Crippen LogP contribution < -0.4 is 10.0 Å². The highest BCUT2D eigenvalue weighted by Crippen LogP contribution is 2.35. The maximum Gasteiger partial charge on any atom is 0.410 e.